The quantitative estimate of drug-likeness (QED) is 0.834. The van der Waals surface area contributed by atoms with E-state index in [0.717, 1.165) is 4.47 Å². The van der Waals surface area contributed by atoms with Gasteiger partial charge in [-0.15, -0.1) is 0 Å². The van der Waals surface area contributed by atoms with Crippen molar-refractivity contribution >= 4 is 15.9 Å². The summed E-state index contributed by atoms with van der Waals surface area (Å²) in [5.41, 5.74) is 0.611. The third-order valence-electron chi connectivity index (χ3n) is 1.84. The molecule has 0 fully saturated rings. The number of benzene rings is 1. The van der Waals surface area contributed by atoms with Gasteiger partial charge in [0.1, 0.15) is 5.82 Å². The van der Waals surface area contributed by atoms with E-state index in [1.165, 1.54) is 6.07 Å². The highest BCUT2D eigenvalue weighted by atomic mass is 79.9. The molecule has 1 aromatic carbocycles. The molecule has 0 spiro atoms. The molecule has 0 bridgehead atoms. The highest BCUT2D eigenvalue weighted by molar-refractivity contribution is 9.10. The molecule has 2 nitrogen and oxygen atoms in total. The van der Waals surface area contributed by atoms with Crippen LogP contribution in [0.2, 0.25) is 0 Å². The van der Waals surface area contributed by atoms with Crippen LogP contribution >= 0.6 is 15.9 Å². The standard InChI is InChI=1S/C9H11BrFNO/c1-6(5-13-12)8-4-7(10)2-3-9(8)11/h2-4,6H,5,12H2,1H3. The van der Waals surface area contributed by atoms with Gasteiger partial charge in [0, 0.05) is 10.4 Å². The van der Waals surface area contributed by atoms with Gasteiger partial charge in [0.25, 0.3) is 0 Å². The second-order valence-electron chi connectivity index (χ2n) is 2.90. The summed E-state index contributed by atoms with van der Waals surface area (Å²) in [5, 5.41) is 0. The summed E-state index contributed by atoms with van der Waals surface area (Å²) in [6.07, 6.45) is 0. The van der Waals surface area contributed by atoms with Gasteiger partial charge in [-0.3, -0.25) is 0 Å². The van der Waals surface area contributed by atoms with Gasteiger partial charge < -0.3 is 4.84 Å². The SMILES string of the molecule is CC(CON)c1cc(Br)ccc1F. The topological polar surface area (TPSA) is 35.2 Å². The van der Waals surface area contributed by atoms with E-state index in [4.69, 9.17) is 5.90 Å². The first-order valence-corrected chi connectivity index (χ1v) is 4.71. The van der Waals surface area contributed by atoms with Gasteiger partial charge in [-0.05, 0) is 23.8 Å². The molecule has 1 atom stereocenters. The molecule has 1 aromatic rings. The molecule has 0 saturated carbocycles. The molecule has 4 heteroatoms. The highest BCUT2D eigenvalue weighted by Gasteiger charge is 2.10. The lowest BCUT2D eigenvalue weighted by Crippen LogP contribution is -2.09. The summed E-state index contributed by atoms with van der Waals surface area (Å²) in [5.74, 6) is 4.65. The number of halogens is 2. The average molecular weight is 248 g/mol. The highest BCUT2D eigenvalue weighted by Crippen LogP contribution is 2.22. The minimum absolute atomic E-state index is 0.0394. The average Bonchev–Trinajstić information content (AvgIpc) is 2.09. The zero-order valence-electron chi connectivity index (χ0n) is 7.26. The molecule has 0 saturated heterocycles. The maximum Gasteiger partial charge on any atom is 0.126 e. The van der Waals surface area contributed by atoms with Crippen LogP contribution < -0.4 is 5.90 Å². The Labute approximate surface area is 85.0 Å². The summed E-state index contributed by atoms with van der Waals surface area (Å²) in [6, 6.07) is 4.82. The molecule has 72 valence electrons. The fourth-order valence-electron chi connectivity index (χ4n) is 1.13. The monoisotopic (exact) mass is 247 g/mol. The first-order valence-electron chi connectivity index (χ1n) is 3.91. The van der Waals surface area contributed by atoms with Crippen LogP contribution in [-0.4, -0.2) is 6.61 Å². The maximum absolute atomic E-state index is 13.2. The Balaban J connectivity index is 2.91. The molecular formula is C9H11BrFNO. The van der Waals surface area contributed by atoms with Crippen molar-refractivity contribution in [3.8, 4) is 0 Å². The number of nitrogens with two attached hydrogens (primary N) is 1. The Morgan fingerprint density at radius 1 is 1.62 bits per heavy atom. The van der Waals surface area contributed by atoms with E-state index in [0.29, 0.717) is 12.2 Å². The Kier molecular flexibility index (Phi) is 3.84. The molecule has 0 aliphatic carbocycles. The zero-order chi connectivity index (χ0) is 9.84. The Hall–Kier alpha value is -0.450. The number of hydrogen-bond acceptors (Lipinski definition) is 2. The van der Waals surface area contributed by atoms with Crippen LogP contribution in [0.15, 0.2) is 22.7 Å². The summed E-state index contributed by atoms with van der Waals surface area (Å²) in [7, 11) is 0. The van der Waals surface area contributed by atoms with Gasteiger partial charge in [0.2, 0.25) is 0 Å². The first-order chi connectivity index (χ1) is 6.15. The maximum atomic E-state index is 13.2. The molecule has 1 unspecified atom stereocenters. The van der Waals surface area contributed by atoms with E-state index in [1.54, 1.807) is 12.1 Å². The second kappa shape index (κ2) is 4.69. The van der Waals surface area contributed by atoms with Crippen LogP contribution in [0.25, 0.3) is 0 Å². The summed E-state index contributed by atoms with van der Waals surface area (Å²) in [4.78, 5) is 4.47. The lowest BCUT2D eigenvalue weighted by atomic mass is 10.0. The molecular weight excluding hydrogens is 237 g/mol. The minimum atomic E-state index is -0.229. The van der Waals surface area contributed by atoms with Crippen molar-refractivity contribution in [2.24, 2.45) is 5.90 Å². The smallest absolute Gasteiger partial charge is 0.126 e. The van der Waals surface area contributed by atoms with Crippen molar-refractivity contribution < 1.29 is 9.23 Å². The van der Waals surface area contributed by atoms with Crippen molar-refractivity contribution in [2.45, 2.75) is 12.8 Å². The summed E-state index contributed by atoms with van der Waals surface area (Å²) in [6.45, 7) is 2.17. The van der Waals surface area contributed by atoms with Gasteiger partial charge in [-0.1, -0.05) is 22.9 Å². The van der Waals surface area contributed by atoms with Crippen LogP contribution in [0.4, 0.5) is 4.39 Å². The molecule has 2 N–H and O–H groups in total. The van der Waals surface area contributed by atoms with Gasteiger partial charge in [-0.2, -0.15) is 0 Å². The third kappa shape index (κ3) is 2.76. The first kappa shape index (κ1) is 10.6. The molecule has 0 amide bonds. The molecule has 13 heavy (non-hydrogen) atoms. The van der Waals surface area contributed by atoms with Crippen molar-refractivity contribution in [2.75, 3.05) is 6.61 Å². The van der Waals surface area contributed by atoms with E-state index in [9.17, 15) is 4.39 Å². The molecule has 0 aliphatic heterocycles. The van der Waals surface area contributed by atoms with Gasteiger partial charge in [-0.25, -0.2) is 10.3 Å². The molecule has 0 aromatic heterocycles. The van der Waals surface area contributed by atoms with Gasteiger partial charge in [0.15, 0.2) is 0 Å². The van der Waals surface area contributed by atoms with Crippen LogP contribution in [-0.2, 0) is 4.84 Å². The van der Waals surface area contributed by atoms with Gasteiger partial charge >= 0.3 is 0 Å². The van der Waals surface area contributed by atoms with E-state index in [2.05, 4.69) is 20.8 Å². The van der Waals surface area contributed by atoms with E-state index in [-0.39, 0.29) is 11.7 Å². The minimum Gasteiger partial charge on any atom is -0.304 e. The predicted molar refractivity (Wildman–Crippen MR) is 52.7 cm³/mol. The van der Waals surface area contributed by atoms with Crippen LogP contribution in [0, 0.1) is 5.82 Å². The van der Waals surface area contributed by atoms with Crippen molar-refractivity contribution in [1.82, 2.24) is 0 Å². The van der Waals surface area contributed by atoms with Crippen molar-refractivity contribution in [3.05, 3.63) is 34.1 Å². The number of hydrogen-bond donors (Lipinski definition) is 1. The van der Waals surface area contributed by atoms with Crippen molar-refractivity contribution in [3.63, 3.8) is 0 Å². The predicted octanol–water partition coefficient (Wildman–Crippen LogP) is 2.58. The van der Waals surface area contributed by atoms with E-state index in [1.807, 2.05) is 6.92 Å². The largest absolute Gasteiger partial charge is 0.304 e. The second-order valence-corrected chi connectivity index (χ2v) is 3.82. The van der Waals surface area contributed by atoms with E-state index < -0.39 is 0 Å². The molecule has 0 aliphatic rings. The van der Waals surface area contributed by atoms with Gasteiger partial charge in [0.05, 0.1) is 6.61 Å². The normalized spacial score (nSPS) is 12.9. The van der Waals surface area contributed by atoms with E-state index >= 15 is 0 Å². The summed E-state index contributed by atoms with van der Waals surface area (Å²) >= 11 is 3.28. The number of rotatable bonds is 3. The fourth-order valence-corrected chi connectivity index (χ4v) is 1.51. The lowest BCUT2D eigenvalue weighted by molar-refractivity contribution is 0.126. The molecule has 1 rings (SSSR count). The summed E-state index contributed by atoms with van der Waals surface area (Å²) < 4.78 is 14.1. The fraction of sp³-hybridized carbons (Fsp3) is 0.333. The zero-order valence-corrected chi connectivity index (χ0v) is 8.84. The van der Waals surface area contributed by atoms with Crippen LogP contribution in [0.1, 0.15) is 18.4 Å². The Morgan fingerprint density at radius 2 is 2.31 bits per heavy atom. The third-order valence-corrected chi connectivity index (χ3v) is 2.33. The van der Waals surface area contributed by atoms with Crippen LogP contribution in [0.5, 0.6) is 0 Å². The van der Waals surface area contributed by atoms with Crippen molar-refractivity contribution in [1.29, 1.82) is 0 Å². The molecule has 0 radical (unpaired) electrons. The molecule has 0 heterocycles. The lowest BCUT2D eigenvalue weighted by Gasteiger charge is -2.11. The Bertz CT molecular complexity index is 293. The Morgan fingerprint density at radius 3 is 2.92 bits per heavy atom. The van der Waals surface area contributed by atoms with Crippen LogP contribution in [0.3, 0.4) is 0 Å².